The number of fused-ring (bicyclic) bond motifs is 2. The minimum Gasteiger partial charge on any atom is -0.289 e. The lowest BCUT2D eigenvalue weighted by molar-refractivity contribution is -0.137. The van der Waals surface area contributed by atoms with Crippen LogP contribution in [0.4, 0.5) is 13.2 Å². The summed E-state index contributed by atoms with van der Waals surface area (Å²) in [5.41, 5.74) is 0.139. The number of imidazole rings is 1. The van der Waals surface area contributed by atoms with Gasteiger partial charge in [0.25, 0.3) is 0 Å². The number of pyridine rings is 1. The third kappa shape index (κ3) is 3.56. The second-order valence-corrected chi connectivity index (χ2v) is 9.64. The van der Waals surface area contributed by atoms with Gasteiger partial charge in [-0.1, -0.05) is 6.92 Å². The molecule has 6 nitrogen and oxygen atoms in total. The van der Waals surface area contributed by atoms with Gasteiger partial charge in [0, 0.05) is 9.77 Å². The average Bonchev–Trinajstić information content (AvgIpc) is 3.05. The van der Waals surface area contributed by atoms with E-state index in [4.69, 9.17) is 0 Å². The number of hydrogen-bond acceptors (Lipinski definition) is 5. The van der Waals surface area contributed by atoms with Gasteiger partial charge in [-0.05, 0) is 52.9 Å². The molecule has 4 rings (SSSR count). The van der Waals surface area contributed by atoms with Crippen molar-refractivity contribution in [1.29, 1.82) is 0 Å². The number of rotatable bonds is 3. The van der Waals surface area contributed by atoms with E-state index in [0.717, 1.165) is 15.7 Å². The second kappa shape index (κ2) is 6.90. The third-order valence-electron chi connectivity index (χ3n) is 4.33. The van der Waals surface area contributed by atoms with Gasteiger partial charge in [-0.25, -0.2) is 18.4 Å². The first-order chi connectivity index (χ1) is 13.6. The van der Waals surface area contributed by atoms with E-state index < -0.39 is 21.6 Å². The average molecular weight is 532 g/mol. The van der Waals surface area contributed by atoms with Crippen molar-refractivity contribution in [2.24, 2.45) is 0 Å². The fourth-order valence-electron chi connectivity index (χ4n) is 2.90. The highest BCUT2D eigenvalue weighted by molar-refractivity contribution is 14.1. The number of hydrogen-bond donors (Lipinski definition) is 0. The molecule has 0 fully saturated rings. The van der Waals surface area contributed by atoms with Gasteiger partial charge in [-0.2, -0.15) is 13.2 Å². The zero-order valence-corrected chi connectivity index (χ0v) is 17.7. The summed E-state index contributed by atoms with van der Waals surface area (Å²) in [6.45, 7) is 1.52. The summed E-state index contributed by atoms with van der Waals surface area (Å²) < 4.78 is 66.5. The molecule has 0 bridgehead atoms. The molecule has 0 N–H and O–H groups in total. The van der Waals surface area contributed by atoms with Crippen molar-refractivity contribution in [2.45, 2.75) is 18.1 Å². The maximum absolute atomic E-state index is 12.9. The fourth-order valence-corrected chi connectivity index (χ4v) is 4.52. The first-order valence-corrected chi connectivity index (χ1v) is 11.1. The largest absolute Gasteiger partial charge is 0.416 e. The number of benzene rings is 1. The molecule has 0 saturated heterocycles. The summed E-state index contributed by atoms with van der Waals surface area (Å²) >= 11 is 2.07. The van der Waals surface area contributed by atoms with Crippen molar-refractivity contribution in [3.05, 3.63) is 51.9 Å². The predicted octanol–water partition coefficient (Wildman–Crippen LogP) is 4.36. The molecular weight excluding hydrogens is 520 g/mol. The second-order valence-electron chi connectivity index (χ2n) is 6.20. The smallest absolute Gasteiger partial charge is 0.289 e. The molecular formula is C18H12F3IN4O2S. The van der Waals surface area contributed by atoms with Gasteiger partial charge in [-0.15, -0.1) is 0 Å². The van der Waals surface area contributed by atoms with Crippen LogP contribution in [0.1, 0.15) is 12.5 Å². The van der Waals surface area contributed by atoms with Gasteiger partial charge in [0.05, 0.1) is 28.5 Å². The van der Waals surface area contributed by atoms with Crippen LogP contribution in [0, 0.1) is 3.57 Å². The molecule has 3 heterocycles. The van der Waals surface area contributed by atoms with Crippen LogP contribution in [-0.2, 0) is 16.0 Å². The molecule has 0 radical (unpaired) electrons. The highest BCUT2D eigenvalue weighted by Gasteiger charge is 2.31. The van der Waals surface area contributed by atoms with Crippen LogP contribution in [-0.4, -0.2) is 33.5 Å². The van der Waals surface area contributed by atoms with Crippen LogP contribution >= 0.6 is 22.6 Å². The number of sulfone groups is 1. The van der Waals surface area contributed by atoms with Crippen LogP contribution in [0.25, 0.3) is 28.1 Å². The molecule has 29 heavy (non-hydrogen) atoms. The summed E-state index contributed by atoms with van der Waals surface area (Å²) in [5.74, 6) is -0.144. The topological polar surface area (TPSA) is 77.2 Å². The van der Waals surface area contributed by atoms with E-state index in [1.807, 2.05) is 0 Å². The molecule has 0 saturated carbocycles. The number of alkyl halides is 3. The monoisotopic (exact) mass is 532 g/mol. The molecule has 0 aliphatic carbocycles. The molecule has 0 aliphatic heterocycles. The Morgan fingerprint density at radius 3 is 2.55 bits per heavy atom. The quantitative estimate of drug-likeness (QED) is 0.367. The van der Waals surface area contributed by atoms with E-state index in [0.29, 0.717) is 5.65 Å². The highest BCUT2D eigenvalue weighted by atomic mass is 127. The van der Waals surface area contributed by atoms with Gasteiger partial charge in [0.1, 0.15) is 17.0 Å². The Morgan fingerprint density at radius 1 is 1.10 bits per heavy atom. The van der Waals surface area contributed by atoms with Crippen LogP contribution in [0.5, 0.6) is 0 Å². The van der Waals surface area contributed by atoms with Crippen LogP contribution in [0.15, 0.2) is 47.8 Å². The molecule has 0 amide bonds. The molecule has 0 atom stereocenters. The van der Waals surface area contributed by atoms with E-state index in [2.05, 4.69) is 37.5 Å². The molecule has 1 aromatic carbocycles. The molecule has 0 aliphatic rings. The maximum Gasteiger partial charge on any atom is 0.416 e. The number of aromatic nitrogens is 4. The van der Waals surface area contributed by atoms with Gasteiger partial charge in [0.15, 0.2) is 14.9 Å². The van der Waals surface area contributed by atoms with Crippen molar-refractivity contribution < 1.29 is 21.6 Å². The van der Waals surface area contributed by atoms with Crippen LogP contribution in [0.3, 0.4) is 0 Å². The zero-order valence-electron chi connectivity index (χ0n) is 14.8. The molecule has 0 spiro atoms. The Bertz CT molecular complexity index is 1370. The molecule has 11 heteroatoms. The Hall–Kier alpha value is -2.28. The van der Waals surface area contributed by atoms with E-state index in [-0.39, 0.29) is 33.2 Å². The Morgan fingerprint density at radius 2 is 1.86 bits per heavy atom. The Balaban J connectivity index is 1.97. The van der Waals surface area contributed by atoms with Gasteiger partial charge in [0.2, 0.25) is 0 Å². The maximum atomic E-state index is 12.9. The lowest BCUT2D eigenvalue weighted by Gasteiger charge is -2.08. The first-order valence-electron chi connectivity index (χ1n) is 8.35. The summed E-state index contributed by atoms with van der Waals surface area (Å²) in [6.07, 6.45) is -1.60. The minimum absolute atomic E-state index is 0.0194. The molecule has 4 aromatic rings. The lowest BCUT2D eigenvalue weighted by atomic mass is 10.2. The van der Waals surface area contributed by atoms with Crippen LogP contribution < -0.4 is 0 Å². The Labute approximate surface area is 176 Å². The van der Waals surface area contributed by atoms with Gasteiger partial charge >= 0.3 is 6.18 Å². The number of halogens is 4. The Kier molecular flexibility index (Phi) is 4.76. The summed E-state index contributed by atoms with van der Waals surface area (Å²) in [7, 11) is -3.68. The molecule has 150 valence electrons. The summed E-state index contributed by atoms with van der Waals surface area (Å²) in [5, 5.41) is -0.0194. The van der Waals surface area contributed by atoms with E-state index in [1.165, 1.54) is 23.6 Å². The zero-order chi connectivity index (χ0) is 21.0. The highest BCUT2D eigenvalue weighted by Crippen LogP contribution is 2.32. The van der Waals surface area contributed by atoms with E-state index in [9.17, 15) is 21.6 Å². The van der Waals surface area contributed by atoms with E-state index in [1.54, 1.807) is 18.3 Å². The van der Waals surface area contributed by atoms with Gasteiger partial charge in [-0.3, -0.25) is 9.38 Å². The predicted molar refractivity (Wildman–Crippen MR) is 109 cm³/mol. The van der Waals surface area contributed by atoms with Gasteiger partial charge < -0.3 is 0 Å². The van der Waals surface area contributed by atoms with E-state index >= 15 is 0 Å². The SMILES string of the molecule is CCS(=O)(=O)c1c(-c2cnc3cc(C(F)(F)F)ccc3n2)nc2ccc(I)cn12. The van der Waals surface area contributed by atoms with Crippen molar-refractivity contribution in [3.8, 4) is 11.4 Å². The molecule has 3 aromatic heterocycles. The first kappa shape index (κ1) is 20.0. The van der Waals surface area contributed by atoms with Crippen LogP contribution in [0.2, 0.25) is 0 Å². The van der Waals surface area contributed by atoms with Crippen molar-refractivity contribution in [3.63, 3.8) is 0 Å². The number of nitrogens with zero attached hydrogens (tertiary/aromatic N) is 4. The summed E-state index contributed by atoms with van der Waals surface area (Å²) in [6, 6.07) is 6.50. The van der Waals surface area contributed by atoms with Crippen molar-refractivity contribution in [1.82, 2.24) is 19.4 Å². The normalized spacial score (nSPS) is 12.7. The summed E-state index contributed by atoms with van der Waals surface area (Å²) in [4.78, 5) is 12.8. The third-order valence-corrected chi connectivity index (χ3v) is 6.70. The van der Waals surface area contributed by atoms with Crippen molar-refractivity contribution >= 4 is 49.1 Å². The molecule has 0 unspecified atom stereocenters. The fraction of sp³-hybridized carbons (Fsp3) is 0.167. The standard InChI is InChI=1S/C18H12F3IN4O2S/c1-2-29(27,28)17-16(25-15-6-4-11(22)9-26(15)17)14-8-23-13-7-10(18(19,20)21)3-5-12(13)24-14/h3-9H,2H2,1H3. The lowest BCUT2D eigenvalue weighted by Crippen LogP contribution is -2.09. The van der Waals surface area contributed by atoms with Crippen molar-refractivity contribution in [2.75, 3.05) is 5.75 Å². The minimum atomic E-state index is -4.49.